The Labute approximate surface area is 336 Å². The van der Waals surface area contributed by atoms with Crippen molar-refractivity contribution in [2.24, 2.45) is 10.2 Å². The molecule has 0 unspecified atom stereocenters. The molecule has 1 aliphatic rings. The zero-order valence-corrected chi connectivity index (χ0v) is 32.9. The zero-order chi connectivity index (χ0) is 33.2. The van der Waals surface area contributed by atoms with E-state index in [2.05, 4.69) is 49.2 Å². The SMILES string of the molecule is O=S(=O)(CCOSOO[O-])c1ccc(N=Nc2c(SOO[O-])cc3ccc(Nc4nc(Cl)nc(N5CCOCC5)n4)cc3c2O)cc1.[Na+].[Na+]. The Kier molecular flexibility index (Phi) is 17.6. The topological polar surface area (TPSA) is 235 Å². The average Bonchev–Trinajstić information content (AvgIpc) is 3.07. The number of fused-ring (bicyclic) bond motifs is 1. The van der Waals surface area contributed by atoms with Crippen molar-refractivity contribution in [1.29, 1.82) is 0 Å². The molecule has 250 valence electrons. The van der Waals surface area contributed by atoms with Crippen LogP contribution in [-0.2, 0) is 37.5 Å². The summed E-state index contributed by atoms with van der Waals surface area (Å²) in [4.78, 5) is 14.9. The third-order valence-corrected chi connectivity index (χ3v) is 9.20. The number of azo groups is 1. The summed E-state index contributed by atoms with van der Waals surface area (Å²) in [5.41, 5.74) is 0.675. The first-order valence-corrected chi connectivity index (χ1v) is 16.6. The smallest absolute Gasteiger partial charge is 0.691 e. The molecule has 0 bridgehead atoms. The van der Waals surface area contributed by atoms with Crippen molar-refractivity contribution in [3.05, 3.63) is 53.8 Å². The van der Waals surface area contributed by atoms with Crippen molar-refractivity contribution < 1.29 is 111 Å². The van der Waals surface area contributed by atoms with Crippen LogP contribution in [-0.4, -0.2) is 67.1 Å². The van der Waals surface area contributed by atoms with E-state index in [1.807, 2.05) is 4.90 Å². The summed E-state index contributed by atoms with van der Waals surface area (Å²) in [6.07, 6.45) is 0. The van der Waals surface area contributed by atoms with Crippen LogP contribution >= 0.6 is 36.0 Å². The van der Waals surface area contributed by atoms with Gasteiger partial charge in [0.15, 0.2) is 27.9 Å². The summed E-state index contributed by atoms with van der Waals surface area (Å²) in [6.45, 7) is 1.98. The number of nitrogens with zero attached hydrogens (tertiary/aromatic N) is 6. The summed E-state index contributed by atoms with van der Waals surface area (Å²) in [7, 11) is -3.74. The minimum absolute atomic E-state index is 0. The van der Waals surface area contributed by atoms with Gasteiger partial charge in [-0.05, 0) is 59.5 Å². The molecule has 5 rings (SSSR count). The molecule has 1 aromatic heterocycles. The molecule has 1 saturated heterocycles. The first kappa shape index (κ1) is 42.0. The van der Waals surface area contributed by atoms with E-state index in [1.54, 1.807) is 24.3 Å². The van der Waals surface area contributed by atoms with Gasteiger partial charge >= 0.3 is 59.1 Å². The molecule has 4 aromatic rings. The Balaban J connectivity index is 0.00000325. The van der Waals surface area contributed by atoms with Crippen LogP contribution in [0.15, 0.2) is 68.6 Å². The number of halogens is 1. The molecule has 0 atom stereocenters. The summed E-state index contributed by atoms with van der Waals surface area (Å²) in [5.74, 6) is -0.139. The molecule has 24 heteroatoms. The molecular formula is C25H22ClN7Na2O11S3. The van der Waals surface area contributed by atoms with Gasteiger partial charge in [-0.15, -0.1) is 9.45 Å². The van der Waals surface area contributed by atoms with E-state index in [4.69, 9.17) is 20.5 Å². The van der Waals surface area contributed by atoms with Crippen LogP contribution < -0.4 is 79.8 Å². The van der Waals surface area contributed by atoms with Gasteiger partial charge in [0.1, 0.15) is 5.69 Å². The number of rotatable bonds is 15. The maximum absolute atomic E-state index is 12.5. The summed E-state index contributed by atoms with van der Waals surface area (Å²) in [6, 6.07) is 12.0. The largest absolute Gasteiger partial charge is 1.00 e. The number of benzene rings is 3. The van der Waals surface area contributed by atoms with Gasteiger partial charge in [0.2, 0.25) is 17.2 Å². The molecule has 1 aliphatic heterocycles. The molecule has 3 aromatic carbocycles. The predicted molar refractivity (Wildman–Crippen MR) is 163 cm³/mol. The van der Waals surface area contributed by atoms with Gasteiger partial charge in [0.25, 0.3) is 0 Å². The minimum Gasteiger partial charge on any atom is -0.691 e. The van der Waals surface area contributed by atoms with Crippen LogP contribution in [0.4, 0.5) is 29.0 Å². The molecule has 0 radical (unpaired) electrons. The molecule has 18 nitrogen and oxygen atoms in total. The van der Waals surface area contributed by atoms with Crippen molar-refractivity contribution in [3.8, 4) is 5.75 Å². The second-order valence-electron chi connectivity index (χ2n) is 9.22. The van der Waals surface area contributed by atoms with Crippen molar-refractivity contribution in [2.75, 3.05) is 48.9 Å². The number of nitrogens with one attached hydrogen (secondary N) is 1. The summed E-state index contributed by atoms with van der Waals surface area (Å²) in [5, 5.41) is 50.3. The molecule has 49 heavy (non-hydrogen) atoms. The van der Waals surface area contributed by atoms with Gasteiger partial charge in [-0.1, -0.05) is 6.07 Å². The summed E-state index contributed by atoms with van der Waals surface area (Å²) >= 11 is 6.88. The van der Waals surface area contributed by atoms with Crippen molar-refractivity contribution >= 4 is 85.5 Å². The number of sulfone groups is 1. The van der Waals surface area contributed by atoms with Crippen LogP contribution in [0.3, 0.4) is 0 Å². The normalized spacial score (nSPS) is 13.3. The number of ether oxygens (including phenoxy) is 1. The van der Waals surface area contributed by atoms with Crippen LogP contribution in [0.2, 0.25) is 5.28 Å². The monoisotopic (exact) mass is 773 g/mol. The molecule has 0 spiro atoms. The van der Waals surface area contributed by atoms with E-state index in [1.165, 1.54) is 24.3 Å². The first-order valence-electron chi connectivity index (χ1n) is 13.2. The predicted octanol–water partition coefficient (Wildman–Crippen LogP) is -2.80. The fourth-order valence-corrected chi connectivity index (χ4v) is 6.27. The third kappa shape index (κ3) is 11.8. The minimum atomic E-state index is -3.74. The standard InChI is InChI=1S/C25H24ClN7O11S3.2Na/c26-23-28-24(30-25(29-23)33-7-9-39-10-8-33)27-17-2-1-15-13-20(45-43-41-35)21(22(34)19(15)14-17)32-31-16-3-5-18(6-4-16)47(37,38)12-11-40-46-44-42-36;;/h1-6,13-14,34-36H,7-12H2,(H,27,28,29,30);;/q;2*+1/p-2. The van der Waals surface area contributed by atoms with Crippen molar-refractivity contribution in [2.45, 2.75) is 9.79 Å². The van der Waals surface area contributed by atoms with E-state index in [9.17, 15) is 24.0 Å². The van der Waals surface area contributed by atoms with Crippen molar-refractivity contribution in [3.63, 3.8) is 0 Å². The maximum Gasteiger partial charge on any atom is 1.00 e. The Hall–Kier alpha value is -1.45. The fraction of sp³-hybridized carbons (Fsp3) is 0.240. The first-order chi connectivity index (χ1) is 22.8. The van der Waals surface area contributed by atoms with E-state index in [0.29, 0.717) is 60.8 Å². The quantitative estimate of drug-likeness (QED) is 0.0310. The van der Waals surface area contributed by atoms with E-state index >= 15 is 0 Å². The Bertz CT molecular complexity index is 1830. The average molecular weight is 774 g/mol. The number of hydrogen-bond acceptors (Lipinski definition) is 20. The Morgan fingerprint density at radius 1 is 1.00 bits per heavy atom. The van der Waals surface area contributed by atoms with Crippen LogP contribution in [0.5, 0.6) is 5.75 Å². The molecule has 2 N–H and O–H groups in total. The molecule has 2 heterocycles. The summed E-state index contributed by atoms with van der Waals surface area (Å²) < 4.78 is 43.6. The molecule has 0 amide bonds. The van der Waals surface area contributed by atoms with Gasteiger partial charge < -0.3 is 30.6 Å². The molecule has 0 saturated carbocycles. The van der Waals surface area contributed by atoms with E-state index in [-0.39, 0.29) is 116 Å². The van der Waals surface area contributed by atoms with Gasteiger partial charge in [-0.2, -0.15) is 24.4 Å². The van der Waals surface area contributed by atoms with Gasteiger partial charge in [-0.25, -0.2) is 8.42 Å². The molecule has 1 fully saturated rings. The van der Waals surface area contributed by atoms with Gasteiger partial charge in [-0.3, -0.25) is 14.3 Å². The van der Waals surface area contributed by atoms with Crippen LogP contribution in [0.25, 0.3) is 10.8 Å². The Morgan fingerprint density at radius 2 is 1.73 bits per heavy atom. The maximum atomic E-state index is 12.5. The molecular weight excluding hydrogens is 752 g/mol. The van der Waals surface area contributed by atoms with Crippen LogP contribution in [0, 0.1) is 0 Å². The second kappa shape index (κ2) is 20.6. The zero-order valence-electron chi connectivity index (χ0n) is 25.7. The fourth-order valence-electron chi connectivity index (χ4n) is 4.21. The van der Waals surface area contributed by atoms with Gasteiger partial charge in [0.05, 0.1) is 53.1 Å². The number of anilines is 3. The number of aromatic nitrogens is 3. The number of hydrogen-bond donors (Lipinski definition) is 2. The van der Waals surface area contributed by atoms with Crippen molar-refractivity contribution in [1.82, 2.24) is 15.0 Å². The van der Waals surface area contributed by atoms with Gasteiger partial charge in [0, 0.05) is 24.2 Å². The number of phenols is 1. The number of aromatic hydroxyl groups is 1. The number of phenolic OH excluding ortho intramolecular Hbond substituents is 1. The van der Waals surface area contributed by atoms with E-state index in [0.717, 1.165) is 0 Å². The van der Waals surface area contributed by atoms with E-state index < -0.39 is 15.6 Å². The Morgan fingerprint density at radius 3 is 2.45 bits per heavy atom. The third-order valence-electron chi connectivity index (χ3n) is 6.35. The van der Waals surface area contributed by atoms with Crippen LogP contribution in [0.1, 0.15) is 0 Å². The number of morpholine rings is 1. The molecule has 0 aliphatic carbocycles. The second-order valence-corrected chi connectivity index (χ2v) is 12.9.